The highest BCUT2D eigenvalue weighted by molar-refractivity contribution is 5.84. The van der Waals surface area contributed by atoms with Crippen LogP contribution in [0.25, 0.3) is 10.9 Å². The predicted octanol–water partition coefficient (Wildman–Crippen LogP) is 4.02. The Hall–Kier alpha value is -1.84. The first kappa shape index (κ1) is 14.1. The molecule has 1 aliphatic carbocycles. The molecule has 0 unspecified atom stereocenters. The number of hydrogen-bond acceptors (Lipinski definition) is 4. The van der Waals surface area contributed by atoms with E-state index in [9.17, 15) is 0 Å². The maximum Gasteiger partial charge on any atom is 0.226 e. The molecule has 0 atom stereocenters. The van der Waals surface area contributed by atoms with E-state index in [1.165, 1.54) is 19.3 Å². The van der Waals surface area contributed by atoms with Crippen molar-refractivity contribution in [3.8, 4) is 5.88 Å². The van der Waals surface area contributed by atoms with Gasteiger partial charge < -0.3 is 10.1 Å². The molecule has 112 valence electrons. The van der Waals surface area contributed by atoms with Gasteiger partial charge in [-0.1, -0.05) is 38.3 Å². The fourth-order valence-corrected chi connectivity index (χ4v) is 2.58. The summed E-state index contributed by atoms with van der Waals surface area (Å²) in [5.74, 6) is 2.23. The number of rotatable bonds is 7. The molecule has 0 radical (unpaired) electrons. The minimum Gasteiger partial charge on any atom is -0.477 e. The van der Waals surface area contributed by atoms with Crippen molar-refractivity contribution in [1.82, 2.24) is 9.97 Å². The third-order valence-electron chi connectivity index (χ3n) is 4.09. The van der Waals surface area contributed by atoms with Gasteiger partial charge in [0, 0.05) is 6.54 Å². The fraction of sp³-hybridized carbons (Fsp3) is 0.529. The number of fused-ring (bicyclic) bond motifs is 1. The van der Waals surface area contributed by atoms with Crippen molar-refractivity contribution in [2.45, 2.75) is 39.0 Å². The summed E-state index contributed by atoms with van der Waals surface area (Å²) in [7, 11) is 0. The maximum absolute atomic E-state index is 5.96. The van der Waals surface area contributed by atoms with Gasteiger partial charge in [-0.3, -0.25) is 0 Å². The molecule has 1 N–H and O–H groups in total. The number of para-hydroxylation sites is 1. The summed E-state index contributed by atoms with van der Waals surface area (Å²) in [6.07, 6.45) is 6.28. The highest BCUT2D eigenvalue weighted by Gasteiger charge is 2.17. The molecule has 0 saturated heterocycles. The highest BCUT2D eigenvalue weighted by Crippen LogP contribution is 2.30. The molecule has 1 fully saturated rings. The van der Waals surface area contributed by atoms with Gasteiger partial charge in [0.25, 0.3) is 0 Å². The van der Waals surface area contributed by atoms with Crippen molar-refractivity contribution in [1.29, 1.82) is 0 Å². The van der Waals surface area contributed by atoms with Gasteiger partial charge in [0.2, 0.25) is 11.8 Å². The second kappa shape index (κ2) is 6.74. The topological polar surface area (TPSA) is 47.0 Å². The van der Waals surface area contributed by atoms with Crippen molar-refractivity contribution in [2.75, 3.05) is 18.5 Å². The number of hydrogen-bond donors (Lipinski definition) is 1. The Morgan fingerprint density at radius 1 is 1.24 bits per heavy atom. The first-order valence-corrected chi connectivity index (χ1v) is 8.00. The third-order valence-corrected chi connectivity index (χ3v) is 4.09. The second-order valence-electron chi connectivity index (χ2n) is 5.73. The van der Waals surface area contributed by atoms with Gasteiger partial charge in [0.1, 0.15) is 0 Å². The quantitative estimate of drug-likeness (QED) is 0.834. The third kappa shape index (κ3) is 3.43. The van der Waals surface area contributed by atoms with Crippen LogP contribution < -0.4 is 10.1 Å². The van der Waals surface area contributed by atoms with Crippen molar-refractivity contribution >= 4 is 16.9 Å². The lowest BCUT2D eigenvalue weighted by molar-refractivity contribution is 0.219. The zero-order chi connectivity index (χ0) is 14.5. The summed E-state index contributed by atoms with van der Waals surface area (Å²) in [4.78, 5) is 9.08. The van der Waals surface area contributed by atoms with Gasteiger partial charge in [0.05, 0.1) is 17.5 Å². The molecule has 21 heavy (non-hydrogen) atoms. The summed E-state index contributed by atoms with van der Waals surface area (Å²) < 4.78 is 5.96. The van der Waals surface area contributed by atoms with Gasteiger partial charge in [-0.2, -0.15) is 4.98 Å². The van der Waals surface area contributed by atoms with E-state index in [0.29, 0.717) is 11.8 Å². The fourth-order valence-electron chi connectivity index (χ4n) is 2.58. The van der Waals surface area contributed by atoms with E-state index in [4.69, 9.17) is 4.74 Å². The van der Waals surface area contributed by atoms with Crippen molar-refractivity contribution in [3.63, 3.8) is 0 Å². The average Bonchev–Trinajstić information content (AvgIpc) is 2.47. The minimum atomic E-state index is 0.661. The lowest BCUT2D eigenvalue weighted by atomic mass is 9.83. The van der Waals surface area contributed by atoms with E-state index in [1.807, 2.05) is 24.3 Å². The Morgan fingerprint density at radius 3 is 2.86 bits per heavy atom. The van der Waals surface area contributed by atoms with Crippen LogP contribution >= 0.6 is 0 Å². The smallest absolute Gasteiger partial charge is 0.226 e. The van der Waals surface area contributed by atoms with E-state index in [-0.39, 0.29) is 0 Å². The summed E-state index contributed by atoms with van der Waals surface area (Å²) in [5.41, 5.74) is 0.935. The first-order valence-electron chi connectivity index (χ1n) is 8.00. The monoisotopic (exact) mass is 285 g/mol. The van der Waals surface area contributed by atoms with Crippen LogP contribution in [0.15, 0.2) is 24.3 Å². The van der Waals surface area contributed by atoms with Crippen LogP contribution in [0.4, 0.5) is 5.95 Å². The lowest BCUT2D eigenvalue weighted by Crippen LogP contribution is -2.15. The van der Waals surface area contributed by atoms with E-state index in [0.717, 1.165) is 42.8 Å². The summed E-state index contributed by atoms with van der Waals surface area (Å²) in [6, 6.07) is 8.03. The van der Waals surface area contributed by atoms with Crippen LogP contribution in [0.2, 0.25) is 0 Å². The largest absolute Gasteiger partial charge is 0.477 e. The molecule has 4 nitrogen and oxygen atoms in total. The second-order valence-corrected chi connectivity index (χ2v) is 5.73. The van der Waals surface area contributed by atoms with E-state index in [1.54, 1.807) is 0 Å². The zero-order valence-corrected chi connectivity index (χ0v) is 12.6. The molecule has 1 aliphatic rings. The van der Waals surface area contributed by atoms with Crippen LogP contribution in [0.1, 0.15) is 39.0 Å². The molecule has 3 rings (SSSR count). The van der Waals surface area contributed by atoms with Gasteiger partial charge in [0.15, 0.2) is 0 Å². The number of ether oxygens (including phenoxy) is 1. The van der Waals surface area contributed by atoms with Crippen LogP contribution in [-0.2, 0) is 0 Å². The molecule has 0 aliphatic heterocycles. The summed E-state index contributed by atoms with van der Waals surface area (Å²) in [5, 5.41) is 4.24. The number of nitrogens with one attached hydrogen (secondary N) is 1. The standard InChI is InChI=1S/C17H23N3O/c1-2-11-18-17-19-15-9-4-3-8-14(15)16(20-17)21-12-10-13-6-5-7-13/h3-4,8-9,13H,2,5-7,10-12H2,1H3,(H,18,19,20). The highest BCUT2D eigenvalue weighted by atomic mass is 16.5. The summed E-state index contributed by atoms with van der Waals surface area (Å²) in [6.45, 7) is 3.75. The zero-order valence-electron chi connectivity index (χ0n) is 12.6. The van der Waals surface area contributed by atoms with Crippen molar-refractivity contribution in [3.05, 3.63) is 24.3 Å². The van der Waals surface area contributed by atoms with Crippen LogP contribution in [0, 0.1) is 5.92 Å². The lowest BCUT2D eigenvalue weighted by Gasteiger charge is -2.25. The molecule has 1 saturated carbocycles. The molecule has 1 aromatic heterocycles. The molecule has 4 heteroatoms. The van der Waals surface area contributed by atoms with E-state index >= 15 is 0 Å². The number of anilines is 1. The molecule has 0 bridgehead atoms. The summed E-state index contributed by atoms with van der Waals surface area (Å²) >= 11 is 0. The number of aromatic nitrogens is 2. The molecule has 1 heterocycles. The van der Waals surface area contributed by atoms with Gasteiger partial charge in [-0.25, -0.2) is 4.98 Å². The Bertz CT molecular complexity index is 596. The maximum atomic E-state index is 5.96. The SMILES string of the molecule is CCCNc1nc(OCCC2CCC2)c2ccccc2n1. The predicted molar refractivity (Wildman–Crippen MR) is 85.8 cm³/mol. The molecule has 0 amide bonds. The minimum absolute atomic E-state index is 0.661. The normalized spacial score (nSPS) is 14.9. The first-order chi connectivity index (χ1) is 10.4. The van der Waals surface area contributed by atoms with Crippen LogP contribution in [0.5, 0.6) is 5.88 Å². The van der Waals surface area contributed by atoms with Crippen molar-refractivity contribution < 1.29 is 4.74 Å². The Kier molecular flexibility index (Phi) is 4.53. The van der Waals surface area contributed by atoms with Crippen LogP contribution in [0.3, 0.4) is 0 Å². The average molecular weight is 285 g/mol. The molecular formula is C17H23N3O. The molecular weight excluding hydrogens is 262 g/mol. The van der Waals surface area contributed by atoms with Gasteiger partial charge >= 0.3 is 0 Å². The molecule has 1 aromatic carbocycles. The van der Waals surface area contributed by atoms with Crippen LogP contribution in [-0.4, -0.2) is 23.1 Å². The molecule has 0 spiro atoms. The van der Waals surface area contributed by atoms with Crippen molar-refractivity contribution in [2.24, 2.45) is 5.92 Å². The van der Waals surface area contributed by atoms with Gasteiger partial charge in [-0.05, 0) is 30.9 Å². The van der Waals surface area contributed by atoms with Gasteiger partial charge in [-0.15, -0.1) is 0 Å². The Balaban J connectivity index is 1.76. The molecule has 2 aromatic rings. The van der Waals surface area contributed by atoms with E-state index < -0.39 is 0 Å². The number of nitrogens with zero attached hydrogens (tertiary/aromatic N) is 2. The number of benzene rings is 1. The Morgan fingerprint density at radius 2 is 2.10 bits per heavy atom. The van der Waals surface area contributed by atoms with E-state index in [2.05, 4.69) is 22.2 Å². The Labute approximate surface area is 125 Å².